The molecule has 0 aromatic carbocycles. The van der Waals surface area contributed by atoms with E-state index in [-0.39, 0.29) is 6.42 Å². The highest BCUT2D eigenvalue weighted by Crippen LogP contribution is 2.10. The van der Waals surface area contributed by atoms with Crippen LogP contribution in [0.1, 0.15) is 79.1 Å². The molecule has 0 saturated carbocycles. The standard InChI is InChI=1S/C20H36N2O7/c1-5-7-9-11-15(23)17(24)22-14(4)20(28)29-16(12-10-8-6-2)18(25)21-13(3)19(26)27/h13-16,23H,5-12H2,1-4H3,(H,21,25)(H,22,24)(H,26,27)/t13-,14-,15-,16+/m0/s1. The number of carboxylic acids is 1. The lowest BCUT2D eigenvalue weighted by molar-refractivity contribution is -0.159. The molecule has 29 heavy (non-hydrogen) atoms. The van der Waals surface area contributed by atoms with Crippen LogP contribution in [0.15, 0.2) is 0 Å². The van der Waals surface area contributed by atoms with Gasteiger partial charge in [-0.05, 0) is 33.1 Å². The SMILES string of the molecule is CCCCC[C@H](O)C(=O)N[C@@H](C)C(=O)O[C@H](CCCCC)C(=O)N[C@@H](C)C(=O)O. The first-order valence-electron chi connectivity index (χ1n) is 10.4. The molecule has 0 aromatic rings. The monoisotopic (exact) mass is 416 g/mol. The molecule has 0 aliphatic heterocycles. The van der Waals surface area contributed by atoms with Gasteiger partial charge in [0.2, 0.25) is 5.91 Å². The summed E-state index contributed by atoms with van der Waals surface area (Å²) in [6.07, 6.45) is 3.09. The molecule has 0 spiro atoms. The first-order chi connectivity index (χ1) is 13.6. The van der Waals surface area contributed by atoms with Gasteiger partial charge < -0.3 is 25.6 Å². The summed E-state index contributed by atoms with van der Waals surface area (Å²) in [6.45, 7) is 6.71. The summed E-state index contributed by atoms with van der Waals surface area (Å²) >= 11 is 0. The molecular weight excluding hydrogens is 380 g/mol. The Kier molecular flexibility index (Phi) is 13.7. The van der Waals surface area contributed by atoms with E-state index in [0.717, 1.165) is 25.7 Å². The molecule has 0 fully saturated rings. The number of aliphatic hydroxyl groups excluding tert-OH is 1. The van der Waals surface area contributed by atoms with Crippen molar-refractivity contribution >= 4 is 23.8 Å². The lowest BCUT2D eigenvalue weighted by Crippen LogP contribution is -2.49. The molecule has 0 heterocycles. The zero-order valence-electron chi connectivity index (χ0n) is 17.9. The van der Waals surface area contributed by atoms with Crippen LogP contribution in [0.5, 0.6) is 0 Å². The van der Waals surface area contributed by atoms with Crippen molar-refractivity contribution in [1.82, 2.24) is 10.6 Å². The third kappa shape index (κ3) is 11.4. The maximum Gasteiger partial charge on any atom is 0.329 e. The van der Waals surface area contributed by atoms with Gasteiger partial charge in [0, 0.05) is 0 Å². The van der Waals surface area contributed by atoms with Crippen LogP contribution in [0.2, 0.25) is 0 Å². The summed E-state index contributed by atoms with van der Waals surface area (Å²) in [4.78, 5) is 47.5. The molecule has 2 amide bonds. The second-order valence-electron chi connectivity index (χ2n) is 7.23. The summed E-state index contributed by atoms with van der Waals surface area (Å²) in [5, 5.41) is 23.5. The van der Waals surface area contributed by atoms with Crippen LogP contribution < -0.4 is 10.6 Å². The van der Waals surface area contributed by atoms with Gasteiger partial charge in [-0.15, -0.1) is 0 Å². The van der Waals surface area contributed by atoms with Crippen molar-refractivity contribution in [3.05, 3.63) is 0 Å². The van der Waals surface area contributed by atoms with E-state index in [1.807, 2.05) is 13.8 Å². The minimum atomic E-state index is -1.21. The second kappa shape index (κ2) is 14.8. The lowest BCUT2D eigenvalue weighted by Gasteiger charge is -2.22. The third-order valence-corrected chi connectivity index (χ3v) is 4.45. The number of hydrogen-bond donors (Lipinski definition) is 4. The normalized spacial score (nSPS) is 14.9. The Labute approximate surface area is 172 Å². The number of aliphatic carboxylic acids is 1. The maximum absolute atomic E-state index is 12.3. The van der Waals surface area contributed by atoms with E-state index in [1.165, 1.54) is 13.8 Å². The second-order valence-corrected chi connectivity index (χ2v) is 7.23. The number of carbonyl (C=O) groups excluding carboxylic acids is 3. The average Bonchev–Trinajstić information content (AvgIpc) is 2.66. The van der Waals surface area contributed by atoms with Crippen molar-refractivity contribution in [3.8, 4) is 0 Å². The van der Waals surface area contributed by atoms with Gasteiger partial charge in [-0.25, -0.2) is 4.79 Å². The third-order valence-electron chi connectivity index (χ3n) is 4.45. The first kappa shape index (κ1) is 26.8. The van der Waals surface area contributed by atoms with Gasteiger partial charge in [-0.3, -0.25) is 14.4 Å². The number of aliphatic hydroxyl groups is 1. The van der Waals surface area contributed by atoms with E-state index in [0.29, 0.717) is 19.3 Å². The van der Waals surface area contributed by atoms with Crippen molar-refractivity contribution in [1.29, 1.82) is 0 Å². The van der Waals surface area contributed by atoms with E-state index in [9.17, 15) is 24.3 Å². The van der Waals surface area contributed by atoms with E-state index >= 15 is 0 Å². The molecule has 0 radical (unpaired) electrons. The van der Waals surface area contributed by atoms with Crippen molar-refractivity contribution < 1.29 is 34.1 Å². The Bertz CT molecular complexity index is 539. The highest BCUT2D eigenvalue weighted by atomic mass is 16.5. The van der Waals surface area contributed by atoms with Gasteiger partial charge >= 0.3 is 11.9 Å². The van der Waals surface area contributed by atoms with Crippen molar-refractivity contribution in [2.45, 2.75) is 103 Å². The fraction of sp³-hybridized carbons (Fsp3) is 0.800. The molecular formula is C20H36N2O7. The summed E-state index contributed by atoms with van der Waals surface area (Å²) in [5.41, 5.74) is 0. The van der Waals surface area contributed by atoms with Crippen LogP contribution >= 0.6 is 0 Å². The molecule has 0 unspecified atom stereocenters. The maximum atomic E-state index is 12.3. The topological polar surface area (TPSA) is 142 Å². The molecule has 9 heteroatoms. The van der Waals surface area contributed by atoms with E-state index in [4.69, 9.17) is 9.84 Å². The van der Waals surface area contributed by atoms with Gasteiger partial charge in [0.1, 0.15) is 18.2 Å². The van der Waals surface area contributed by atoms with Gasteiger partial charge in [0.15, 0.2) is 6.10 Å². The molecule has 9 nitrogen and oxygen atoms in total. The number of carboxylic acid groups (broad SMARTS) is 1. The lowest BCUT2D eigenvalue weighted by atomic mass is 10.1. The number of carbonyl (C=O) groups is 4. The van der Waals surface area contributed by atoms with Crippen LogP contribution in [0, 0.1) is 0 Å². The molecule has 0 saturated heterocycles. The van der Waals surface area contributed by atoms with Crippen LogP contribution in [-0.2, 0) is 23.9 Å². The number of nitrogens with one attached hydrogen (secondary N) is 2. The highest BCUT2D eigenvalue weighted by molar-refractivity contribution is 5.90. The Morgan fingerprint density at radius 2 is 1.34 bits per heavy atom. The molecule has 4 N–H and O–H groups in total. The Hall–Kier alpha value is -2.16. The first-order valence-corrected chi connectivity index (χ1v) is 10.4. The summed E-state index contributed by atoms with van der Waals surface area (Å²) in [7, 11) is 0. The van der Waals surface area contributed by atoms with Gasteiger partial charge in [0.05, 0.1) is 0 Å². The number of rotatable bonds is 15. The fourth-order valence-electron chi connectivity index (χ4n) is 2.52. The van der Waals surface area contributed by atoms with Crippen LogP contribution in [0.25, 0.3) is 0 Å². The highest BCUT2D eigenvalue weighted by Gasteiger charge is 2.29. The minimum Gasteiger partial charge on any atom is -0.480 e. The van der Waals surface area contributed by atoms with Crippen molar-refractivity contribution in [2.75, 3.05) is 0 Å². The Morgan fingerprint density at radius 1 is 0.828 bits per heavy atom. The predicted molar refractivity (Wildman–Crippen MR) is 107 cm³/mol. The predicted octanol–water partition coefficient (Wildman–Crippen LogP) is 1.51. The average molecular weight is 417 g/mol. The smallest absolute Gasteiger partial charge is 0.329 e. The van der Waals surface area contributed by atoms with Crippen LogP contribution in [0.3, 0.4) is 0 Å². The fourth-order valence-corrected chi connectivity index (χ4v) is 2.52. The zero-order valence-corrected chi connectivity index (χ0v) is 17.9. The quantitative estimate of drug-likeness (QED) is 0.234. The van der Waals surface area contributed by atoms with E-state index < -0.39 is 48.0 Å². The van der Waals surface area contributed by atoms with Gasteiger partial charge in [-0.2, -0.15) is 0 Å². The summed E-state index contributed by atoms with van der Waals surface area (Å²) < 4.78 is 5.24. The van der Waals surface area contributed by atoms with Crippen molar-refractivity contribution in [2.24, 2.45) is 0 Å². The van der Waals surface area contributed by atoms with Crippen molar-refractivity contribution in [3.63, 3.8) is 0 Å². The summed E-state index contributed by atoms with van der Waals surface area (Å²) in [6, 6.07) is -2.17. The zero-order chi connectivity index (χ0) is 22.4. The molecule has 0 aromatic heterocycles. The Balaban J connectivity index is 4.80. The minimum absolute atomic E-state index is 0.248. The van der Waals surface area contributed by atoms with Gasteiger partial charge in [-0.1, -0.05) is 46.0 Å². The number of esters is 1. The molecule has 4 atom stereocenters. The number of unbranched alkanes of at least 4 members (excludes halogenated alkanes) is 4. The Morgan fingerprint density at radius 3 is 1.86 bits per heavy atom. The van der Waals surface area contributed by atoms with E-state index in [1.54, 1.807) is 0 Å². The largest absolute Gasteiger partial charge is 0.480 e. The molecule has 168 valence electrons. The molecule has 0 aliphatic carbocycles. The van der Waals surface area contributed by atoms with Crippen LogP contribution in [-0.4, -0.2) is 58.3 Å². The van der Waals surface area contributed by atoms with Gasteiger partial charge in [0.25, 0.3) is 5.91 Å². The number of hydrogen-bond acceptors (Lipinski definition) is 6. The summed E-state index contributed by atoms with van der Waals surface area (Å²) in [5.74, 6) is -3.38. The van der Waals surface area contributed by atoms with E-state index in [2.05, 4.69) is 10.6 Å². The number of amides is 2. The van der Waals surface area contributed by atoms with Crippen LogP contribution in [0.4, 0.5) is 0 Å². The molecule has 0 aliphatic rings. The molecule has 0 bridgehead atoms. The number of ether oxygens (including phenoxy) is 1. The molecule has 0 rings (SSSR count).